The predicted molar refractivity (Wildman–Crippen MR) is 119 cm³/mol. The Morgan fingerprint density at radius 2 is 2.23 bits per heavy atom. The summed E-state index contributed by atoms with van der Waals surface area (Å²) in [5.41, 5.74) is 1.07. The Bertz CT molecular complexity index is 539. The Kier molecular flexibility index (Phi) is 12.3. The molecule has 2 unspecified atom stereocenters. The monoisotopic (exact) mass is 495 g/mol. The quantitative estimate of drug-likeness (QED) is 0.235. The van der Waals surface area contributed by atoms with Gasteiger partial charge in [0, 0.05) is 37.2 Å². The van der Waals surface area contributed by atoms with Crippen molar-refractivity contribution in [3.63, 3.8) is 0 Å². The van der Waals surface area contributed by atoms with Crippen LogP contribution in [0.15, 0.2) is 29.3 Å². The summed E-state index contributed by atoms with van der Waals surface area (Å²) in [6, 6.07) is 7.96. The van der Waals surface area contributed by atoms with Gasteiger partial charge < -0.3 is 20.1 Å². The van der Waals surface area contributed by atoms with Crippen LogP contribution in [0.4, 0.5) is 0 Å². The van der Waals surface area contributed by atoms with E-state index in [0.29, 0.717) is 5.92 Å². The molecule has 1 aliphatic rings. The van der Waals surface area contributed by atoms with Gasteiger partial charge in [0.1, 0.15) is 0 Å². The van der Waals surface area contributed by atoms with Gasteiger partial charge in [-0.15, -0.1) is 24.0 Å². The molecule has 0 spiro atoms. The number of ether oxygens (including phenoxy) is 2. The van der Waals surface area contributed by atoms with Crippen LogP contribution in [-0.4, -0.2) is 45.5 Å². The van der Waals surface area contributed by atoms with E-state index >= 15 is 0 Å². The minimum absolute atomic E-state index is 0. The predicted octanol–water partition coefficient (Wildman–Crippen LogP) is 4.02. The number of nitrogens with zero attached hydrogens (tertiary/aromatic N) is 1. The van der Waals surface area contributed by atoms with Crippen molar-refractivity contribution >= 4 is 41.5 Å². The average molecular weight is 496 g/mol. The van der Waals surface area contributed by atoms with Crippen molar-refractivity contribution in [3.8, 4) is 0 Å². The molecule has 1 heterocycles. The molecule has 1 fully saturated rings. The van der Waals surface area contributed by atoms with Gasteiger partial charge in [-0.1, -0.05) is 29.8 Å². The minimum atomic E-state index is 0. The first-order valence-corrected chi connectivity index (χ1v) is 9.53. The van der Waals surface area contributed by atoms with Gasteiger partial charge in [-0.2, -0.15) is 0 Å². The highest BCUT2D eigenvalue weighted by atomic mass is 127. The van der Waals surface area contributed by atoms with E-state index in [0.717, 1.165) is 68.9 Å². The Hall–Kier alpha value is -0.570. The van der Waals surface area contributed by atoms with Crippen molar-refractivity contribution < 1.29 is 9.47 Å². The van der Waals surface area contributed by atoms with Crippen molar-refractivity contribution in [2.75, 3.05) is 39.5 Å². The van der Waals surface area contributed by atoms with Gasteiger partial charge in [-0.3, -0.25) is 4.99 Å². The molecule has 148 valence electrons. The van der Waals surface area contributed by atoms with E-state index in [1.165, 1.54) is 0 Å². The van der Waals surface area contributed by atoms with Gasteiger partial charge >= 0.3 is 0 Å². The highest BCUT2D eigenvalue weighted by Gasteiger charge is 2.15. The van der Waals surface area contributed by atoms with Crippen LogP contribution < -0.4 is 10.6 Å². The Morgan fingerprint density at radius 3 is 2.92 bits per heavy atom. The van der Waals surface area contributed by atoms with Gasteiger partial charge in [-0.05, 0) is 38.3 Å². The maximum Gasteiger partial charge on any atom is 0.191 e. The summed E-state index contributed by atoms with van der Waals surface area (Å²) in [4.78, 5) is 4.62. The molecule has 1 aromatic rings. The lowest BCUT2D eigenvalue weighted by molar-refractivity contribution is 0.0893. The van der Waals surface area contributed by atoms with Crippen molar-refractivity contribution in [1.29, 1.82) is 0 Å². The molecular formula is C19H31ClIN3O2. The summed E-state index contributed by atoms with van der Waals surface area (Å²) in [6.45, 7) is 8.94. The standard InChI is InChI=1S/C19H30ClN3O2.HI/c1-3-21-19(23-15(2)17-7-4-5-8-18(17)20)22-10-6-11-24-13-16-9-12-25-14-16;/h4-5,7-8,15-16H,3,6,9-14H2,1-2H3,(H2,21,22,23);1H. The van der Waals surface area contributed by atoms with E-state index in [9.17, 15) is 0 Å². The highest BCUT2D eigenvalue weighted by molar-refractivity contribution is 14.0. The summed E-state index contributed by atoms with van der Waals surface area (Å²) in [5.74, 6) is 1.37. The molecule has 2 atom stereocenters. The number of halogens is 2. The molecule has 1 aliphatic heterocycles. The molecule has 2 rings (SSSR count). The van der Waals surface area contributed by atoms with Crippen LogP contribution in [0.1, 0.15) is 38.3 Å². The Balaban J connectivity index is 0.00000338. The first kappa shape index (κ1) is 23.5. The van der Waals surface area contributed by atoms with E-state index in [1.807, 2.05) is 24.3 Å². The van der Waals surface area contributed by atoms with E-state index in [4.69, 9.17) is 21.1 Å². The molecule has 2 N–H and O–H groups in total. The number of hydrogen-bond acceptors (Lipinski definition) is 3. The molecule has 0 saturated carbocycles. The Labute approximate surface area is 179 Å². The molecule has 26 heavy (non-hydrogen) atoms. The zero-order valence-electron chi connectivity index (χ0n) is 15.7. The van der Waals surface area contributed by atoms with Crippen LogP contribution in [0, 0.1) is 5.92 Å². The fourth-order valence-electron chi connectivity index (χ4n) is 2.75. The van der Waals surface area contributed by atoms with Crippen LogP contribution in [0.3, 0.4) is 0 Å². The van der Waals surface area contributed by atoms with E-state index < -0.39 is 0 Å². The van der Waals surface area contributed by atoms with Gasteiger partial charge in [0.2, 0.25) is 0 Å². The van der Waals surface area contributed by atoms with Crippen LogP contribution in [0.2, 0.25) is 5.02 Å². The van der Waals surface area contributed by atoms with Crippen molar-refractivity contribution in [3.05, 3.63) is 34.9 Å². The summed E-state index contributed by atoms with van der Waals surface area (Å²) in [5, 5.41) is 7.45. The lowest BCUT2D eigenvalue weighted by atomic mass is 10.1. The van der Waals surface area contributed by atoms with Gasteiger partial charge in [0.25, 0.3) is 0 Å². The fraction of sp³-hybridized carbons (Fsp3) is 0.632. The van der Waals surface area contributed by atoms with Crippen LogP contribution >= 0.6 is 35.6 Å². The number of hydrogen-bond donors (Lipinski definition) is 2. The number of rotatable bonds is 9. The summed E-state index contributed by atoms with van der Waals surface area (Å²) >= 11 is 6.27. The van der Waals surface area contributed by atoms with Crippen molar-refractivity contribution in [2.24, 2.45) is 10.9 Å². The lowest BCUT2D eigenvalue weighted by Gasteiger charge is -2.19. The molecule has 1 saturated heterocycles. The fourth-order valence-corrected chi connectivity index (χ4v) is 3.05. The van der Waals surface area contributed by atoms with E-state index in [2.05, 4.69) is 29.5 Å². The minimum Gasteiger partial charge on any atom is -0.381 e. The number of benzene rings is 1. The molecule has 1 aromatic carbocycles. The van der Waals surface area contributed by atoms with Gasteiger partial charge in [-0.25, -0.2) is 0 Å². The first-order chi connectivity index (χ1) is 12.2. The topological polar surface area (TPSA) is 54.9 Å². The average Bonchev–Trinajstić information content (AvgIpc) is 3.11. The second kappa shape index (κ2) is 13.6. The van der Waals surface area contributed by atoms with Gasteiger partial charge in [0.15, 0.2) is 5.96 Å². The normalized spacial score (nSPS) is 18.3. The highest BCUT2D eigenvalue weighted by Crippen LogP contribution is 2.21. The van der Waals surface area contributed by atoms with E-state index in [1.54, 1.807) is 0 Å². The van der Waals surface area contributed by atoms with Crippen LogP contribution in [0.5, 0.6) is 0 Å². The van der Waals surface area contributed by atoms with Crippen molar-refractivity contribution in [2.45, 2.75) is 32.7 Å². The SMILES string of the molecule is CCNC(=NCCCOCC1CCOC1)NC(C)c1ccccc1Cl.I. The zero-order chi connectivity index (χ0) is 17.9. The molecular weight excluding hydrogens is 465 g/mol. The Morgan fingerprint density at radius 1 is 1.42 bits per heavy atom. The maximum atomic E-state index is 6.27. The largest absolute Gasteiger partial charge is 0.381 e. The lowest BCUT2D eigenvalue weighted by Crippen LogP contribution is -2.39. The smallest absolute Gasteiger partial charge is 0.191 e. The molecule has 0 bridgehead atoms. The second-order valence-corrected chi connectivity index (χ2v) is 6.71. The molecule has 0 amide bonds. The summed E-state index contributed by atoms with van der Waals surface area (Å²) in [6.07, 6.45) is 2.03. The molecule has 5 nitrogen and oxygen atoms in total. The second-order valence-electron chi connectivity index (χ2n) is 6.31. The van der Waals surface area contributed by atoms with Gasteiger partial charge in [0.05, 0.1) is 19.3 Å². The first-order valence-electron chi connectivity index (χ1n) is 9.15. The maximum absolute atomic E-state index is 6.27. The third kappa shape index (κ3) is 8.41. The summed E-state index contributed by atoms with van der Waals surface area (Å²) in [7, 11) is 0. The van der Waals surface area contributed by atoms with Crippen LogP contribution in [-0.2, 0) is 9.47 Å². The van der Waals surface area contributed by atoms with Crippen LogP contribution in [0.25, 0.3) is 0 Å². The molecule has 0 aromatic heterocycles. The number of nitrogens with one attached hydrogen (secondary N) is 2. The number of aliphatic imine (C=N–C) groups is 1. The molecule has 0 aliphatic carbocycles. The third-order valence-corrected chi connectivity index (χ3v) is 4.51. The molecule has 0 radical (unpaired) electrons. The zero-order valence-corrected chi connectivity index (χ0v) is 18.8. The summed E-state index contributed by atoms with van der Waals surface area (Å²) < 4.78 is 11.1. The molecule has 7 heteroatoms. The number of guanidine groups is 1. The third-order valence-electron chi connectivity index (χ3n) is 4.16. The van der Waals surface area contributed by atoms with E-state index in [-0.39, 0.29) is 30.0 Å². The van der Waals surface area contributed by atoms with Crippen molar-refractivity contribution in [1.82, 2.24) is 10.6 Å².